The van der Waals surface area contributed by atoms with Gasteiger partial charge >= 0.3 is 5.97 Å². The van der Waals surface area contributed by atoms with Crippen molar-refractivity contribution >= 4 is 23.7 Å². The molecular formula is C24H41N3O6. The number of unbranched alkanes of at least 4 members (excludes halogenated alkanes) is 5. The first-order chi connectivity index (χ1) is 15.8. The molecular weight excluding hydrogens is 426 g/mol. The molecule has 0 spiro atoms. The van der Waals surface area contributed by atoms with Crippen LogP contribution in [0.5, 0.6) is 0 Å². The van der Waals surface area contributed by atoms with Crippen LogP contribution in [0.4, 0.5) is 0 Å². The molecule has 1 fully saturated rings. The SMILES string of the molecule is C=C(NC(=O)[C@H](CCCCCCCC)[C@H](C)C(=O)NO)[C@H]1CCCCN(CC(=O)OC)C1=O. The van der Waals surface area contributed by atoms with Gasteiger partial charge in [0.05, 0.1) is 13.0 Å². The minimum atomic E-state index is -0.737. The number of hydrogen-bond donors (Lipinski definition) is 3. The molecule has 33 heavy (non-hydrogen) atoms. The Balaban J connectivity index is 2.81. The molecule has 0 aromatic carbocycles. The number of carbonyl (C=O) groups is 4. The first-order valence-electron chi connectivity index (χ1n) is 12.1. The van der Waals surface area contributed by atoms with E-state index in [9.17, 15) is 19.2 Å². The number of likely N-dealkylation sites (tertiary alicyclic amines) is 1. The Morgan fingerprint density at radius 3 is 2.45 bits per heavy atom. The van der Waals surface area contributed by atoms with Crippen LogP contribution in [0, 0.1) is 17.8 Å². The van der Waals surface area contributed by atoms with Crippen molar-refractivity contribution in [2.24, 2.45) is 17.8 Å². The number of nitrogens with one attached hydrogen (secondary N) is 2. The van der Waals surface area contributed by atoms with E-state index in [0.29, 0.717) is 19.4 Å². The summed E-state index contributed by atoms with van der Waals surface area (Å²) in [6, 6.07) is 0. The zero-order valence-corrected chi connectivity index (χ0v) is 20.4. The Kier molecular flexibility index (Phi) is 13.4. The van der Waals surface area contributed by atoms with Gasteiger partial charge in [0.1, 0.15) is 6.54 Å². The lowest BCUT2D eigenvalue weighted by Crippen LogP contribution is -2.44. The molecule has 0 aliphatic carbocycles. The highest BCUT2D eigenvalue weighted by Crippen LogP contribution is 2.25. The quantitative estimate of drug-likeness (QED) is 0.156. The second kappa shape index (κ2) is 15.4. The predicted molar refractivity (Wildman–Crippen MR) is 124 cm³/mol. The summed E-state index contributed by atoms with van der Waals surface area (Å²) in [5.74, 6) is -3.81. The highest BCUT2D eigenvalue weighted by atomic mass is 16.5. The summed E-state index contributed by atoms with van der Waals surface area (Å²) in [5.41, 5.74) is 1.90. The van der Waals surface area contributed by atoms with Crippen LogP contribution < -0.4 is 10.8 Å². The molecule has 3 N–H and O–H groups in total. The fraction of sp³-hybridized carbons (Fsp3) is 0.750. The minimum absolute atomic E-state index is 0.137. The average Bonchev–Trinajstić information content (AvgIpc) is 2.98. The smallest absolute Gasteiger partial charge is 0.325 e. The van der Waals surface area contributed by atoms with E-state index in [0.717, 1.165) is 44.9 Å². The van der Waals surface area contributed by atoms with E-state index >= 15 is 0 Å². The molecule has 9 heteroatoms. The summed E-state index contributed by atoms with van der Waals surface area (Å²) in [6.07, 6.45) is 8.80. The molecule has 188 valence electrons. The van der Waals surface area contributed by atoms with Gasteiger partial charge in [-0.05, 0) is 19.3 Å². The number of hydrogen-bond acceptors (Lipinski definition) is 6. The predicted octanol–water partition coefficient (Wildman–Crippen LogP) is 2.93. The molecule has 1 saturated heterocycles. The lowest BCUT2D eigenvalue weighted by Gasteiger charge is -2.27. The first-order valence-corrected chi connectivity index (χ1v) is 12.1. The molecule has 0 aromatic heterocycles. The Hall–Kier alpha value is -2.42. The molecule has 0 radical (unpaired) electrons. The normalized spacial score (nSPS) is 18.1. The molecule has 3 atom stereocenters. The molecule has 1 aliphatic rings. The van der Waals surface area contributed by atoms with E-state index in [4.69, 9.17) is 5.21 Å². The molecule has 9 nitrogen and oxygen atoms in total. The third kappa shape index (κ3) is 9.53. The van der Waals surface area contributed by atoms with Crippen molar-refractivity contribution in [3.05, 3.63) is 12.3 Å². The third-order valence-corrected chi connectivity index (χ3v) is 6.37. The van der Waals surface area contributed by atoms with Gasteiger partial charge in [-0.25, -0.2) is 5.48 Å². The van der Waals surface area contributed by atoms with Crippen LogP contribution in [0.15, 0.2) is 12.3 Å². The highest BCUT2D eigenvalue weighted by molar-refractivity contribution is 5.90. The summed E-state index contributed by atoms with van der Waals surface area (Å²) in [4.78, 5) is 51.2. The van der Waals surface area contributed by atoms with Gasteiger partial charge in [0, 0.05) is 24.1 Å². The maximum absolute atomic E-state index is 13.1. The third-order valence-electron chi connectivity index (χ3n) is 6.37. The molecule has 1 heterocycles. The van der Waals surface area contributed by atoms with E-state index < -0.39 is 29.6 Å². The van der Waals surface area contributed by atoms with E-state index in [1.165, 1.54) is 18.4 Å². The van der Waals surface area contributed by atoms with Crippen LogP contribution >= 0.6 is 0 Å². The van der Waals surface area contributed by atoms with Crippen molar-refractivity contribution < 1.29 is 29.1 Å². The molecule has 0 saturated carbocycles. The topological polar surface area (TPSA) is 125 Å². The average molecular weight is 468 g/mol. The van der Waals surface area contributed by atoms with Crippen LogP contribution in [-0.2, 0) is 23.9 Å². The van der Waals surface area contributed by atoms with Crippen LogP contribution in [0.1, 0.15) is 78.1 Å². The van der Waals surface area contributed by atoms with E-state index in [1.54, 1.807) is 12.4 Å². The van der Waals surface area contributed by atoms with Crippen LogP contribution in [0.25, 0.3) is 0 Å². The van der Waals surface area contributed by atoms with Crippen LogP contribution in [0.3, 0.4) is 0 Å². The molecule has 0 unspecified atom stereocenters. The number of amides is 3. The molecule has 1 rings (SSSR count). The summed E-state index contributed by atoms with van der Waals surface area (Å²) < 4.78 is 4.68. The lowest BCUT2D eigenvalue weighted by molar-refractivity contribution is -0.147. The summed E-state index contributed by atoms with van der Waals surface area (Å²) in [7, 11) is 1.27. The number of nitrogens with zero attached hydrogens (tertiary/aromatic N) is 1. The second-order valence-corrected chi connectivity index (χ2v) is 8.83. The largest absolute Gasteiger partial charge is 0.468 e. The number of ether oxygens (including phenoxy) is 1. The van der Waals surface area contributed by atoms with Crippen molar-refractivity contribution in [3.63, 3.8) is 0 Å². The van der Waals surface area contributed by atoms with Crippen LogP contribution in [0.2, 0.25) is 0 Å². The van der Waals surface area contributed by atoms with Crippen molar-refractivity contribution in [3.8, 4) is 0 Å². The number of rotatable bonds is 14. The molecule has 0 bridgehead atoms. The Morgan fingerprint density at radius 1 is 1.15 bits per heavy atom. The van der Waals surface area contributed by atoms with Gasteiger partial charge in [-0.2, -0.15) is 0 Å². The van der Waals surface area contributed by atoms with Gasteiger partial charge in [0.15, 0.2) is 0 Å². The maximum Gasteiger partial charge on any atom is 0.325 e. The van der Waals surface area contributed by atoms with Gasteiger partial charge in [0.2, 0.25) is 17.7 Å². The van der Waals surface area contributed by atoms with Crippen molar-refractivity contribution in [2.75, 3.05) is 20.2 Å². The van der Waals surface area contributed by atoms with E-state index in [2.05, 4.69) is 23.6 Å². The monoisotopic (exact) mass is 467 g/mol. The number of methoxy groups -OCH3 is 1. The van der Waals surface area contributed by atoms with Gasteiger partial charge in [0.25, 0.3) is 0 Å². The molecule has 0 aromatic rings. The van der Waals surface area contributed by atoms with Crippen molar-refractivity contribution in [1.29, 1.82) is 0 Å². The zero-order chi connectivity index (χ0) is 24.8. The summed E-state index contributed by atoms with van der Waals surface area (Å²) in [5, 5.41) is 11.8. The van der Waals surface area contributed by atoms with E-state index in [-0.39, 0.29) is 24.1 Å². The van der Waals surface area contributed by atoms with Gasteiger partial charge in [-0.3, -0.25) is 24.4 Å². The standard InChI is InChI=1S/C24H41N3O6/c1-5-6-7-8-9-10-13-19(17(2)22(29)26-32)23(30)25-18(3)20-14-11-12-15-27(24(20)31)16-21(28)33-4/h17,19-20,32H,3,5-16H2,1-2,4H3,(H,25,30)(H,26,29)/t17-,19+,20+/m0/s1. The fourth-order valence-corrected chi connectivity index (χ4v) is 4.18. The first kappa shape index (κ1) is 28.6. The minimum Gasteiger partial charge on any atom is -0.468 e. The van der Waals surface area contributed by atoms with Crippen molar-refractivity contribution in [2.45, 2.75) is 78.1 Å². The Labute approximate surface area is 197 Å². The molecule has 3 amide bonds. The van der Waals surface area contributed by atoms with Crippen LogP contribution in [-0.4, -0.2) is 54.0 Å². The fourth-order valence-electron chi connectivity index (χ4n) is 4.18. The second-order valence-electron chi connectivity index (χ2n) is 8.83. The zero-order valence-electron chi connectivity index (χ0n) is 20.4. The maximum atomic E-state index is 13.1. The number of carbonyl (C=O) groups excluding carboxylic acids is 4. The number of hydroxylamine groups is 1. The Morgan fingerprint density at radius 2 is 1.82 bits per heavy atom. The number of esters is 1. The molecule has 1 aliphatic heterocycles. The van der Waals surface area contributed by atoms with Crippen molar-refractivity contribution in [1.82, 2.24) is 15.7 Å². The Bertz CT molecular complexity index is 681. The van der Waals surface area contributed by atoms with E-state index in [1.807, 2.05) is 0 Å². The lowest BCUT2D eigenvalue weighted by atomic mass is 9.87. The summed E-state index contributed by atoms with van der Waals surface area (Å²) >= 11 is 0. The van der Waals surface area contributed by atoms with Gasteiger partial charge in [-0.15, -0.1) is 0 Å². The highest BCUT2D eigenvalue weighted by Gasteiger charge is 2.34. The van der Waals surface area contributed by atoms with Gasteiger partial charge < -0.3 is 15.0 Å². The van der Waals surface area contributed by atoms with Gasteiger partial charge in [-0.1, -0.05) is 65.4 Å². The summed E-state index contributed by atoms with van der Waals surface area (Å²) in [6.45, 7) is 7.99.